The average Bonchev–Trinajstić information content (AvgIpc) is 2.96. The number of methoxy groups -OCH3 is 1. The van der Waals surface area contributed by atoms with Gasteiger partial charge in [0.2, 0.25) is 5.78 Å². The lowest BCUT2D eigenvalue weighted by Crippen LogP contribution is -2.12. The molecule has 20 heavy (non-hydrogen) atoms. The average molecular weight is 288 g/mol. The molecule has 5 heteroatoms. The molecule has 0 bridgehead atoms. The number of thiophene rings is 1. The van der Waals surface area contributed by atoms with Crippen molar-refractivity contribution in [1.82, 2.24) is 0 Å². The van der Waals surface area contributed by atoms with Crippen molar-refractivity contribution in [3.8, 4) is 0 Å². The predicted molar refractivity (Wildman–Crippen MR) is 75.2 cm³/mol. The number of ketones is 2. The van der Waals surface area contributed by atoms with Gasteiger partial charge in [-0.25, -0.2) is 0 Å². The normalized spacial score (nSPS) is 10.1. The van der Waals surface area contributed by atoms with Gasteiger partial charge in [0, 0.05) is 11.1 Å². The van der Waals surface area contributed by atoms with Crippen LogP contribution < -0.4 is 0 Å². The summed E-state index contributed by atoms with van der Waals surface area (Å²) in [6, 6.07) is 10.3. The molecule has 0 saturated heterocycles. The summed E-state index contributed by atoms with van der Waals surface area (Å²) in [7, 11) is 1.22. The van der Waals surface area contributed by atoms with Crippen molar-refractivity contribution in [2.75, 3.05) is 7.11 Å². The highest BCUT2D eigenvalue weighted by Crippen LogP contribution is 2.22. The number of Topliss-reactive ketones (excluding diaryl/α,β-unsaturated/α-hetero) is 1. The van der Waals surface area contributed by atoms with Crippen LogP contribution in [0.1, 0.15) is 32.0 Å². The third-order valence-corrected chi connectivity index (χ3v) is 3.65. The summed E-state index contributed by atoms with van der Waals surface area (Å²) in [6.45, 7) is 0. The summed E-state index contributed by atoms with van der Waals surface area (Å²) < 4.78 is 4.46. The standard InChI is InChI=1S/C15H12O4S/c1-19-13(17)9-12(16)11-7-8-20-15(11)14(18)10-5-3-2-4-6-10/h2-8H,9H2,1H3. The van der Waals surface area contributed by atoms with E-state index in [1.807, 2.05) is 6.07 Å². The summed E-state index contributed by atoms with van der Waals surface area (Å²) in [6.07, 6.45) is -0.359. The maximum atomic E-state index is 12.3. The summed E-state index contributed by atoms with van der Waals surface area (Å²) in [5.41, 5.74) is 0.788. The fourth-order valence-electron chi connectivity index (χ4n) is 1.72. The zero-order valence-corrected chi connectivity index (χ0v) is 11.6. The molecule has 0 N–H and O–H groups in total. The molecular formula is C15H12O4S. The summed E-state index contributed by atoms with van der Waals surface area (Å²) in [5.74, 6) is -1.23. The van der Waals surface area contributed by atoms with E-state index in [1.54, 1.807) is 35.7 Å². The Hall–Kier alpha value is -2.27. The van der Waals surface area contributed by atoms with Gasteiger partial charge in [0.1, 0.15) is 6.42 Å². The minimum atomic E-state index is -0.612. The predicted octanol–water partition coefficient (Wildman–Crippen LogP) is 2.72. The molecule has 1 aromatic heterocycles. The van der Waals surface area contributed by atoms with Crippen molar-refractivity contribution in [2.24, 2.45) is 0 Å². The van der Waals surface area contributed by atoms with Crippen molar-refractivity contribution < 1.29 is 19.1 Å². The van der Waals surface area contributed by atoms with Crippen LogP contribution in [-0.2, 0) is 9.53 Å². The molecule has 0 spiro atoms. The van der Waals surface area contributed by atoms with E-state index in [4.69, 9.17) is 0 Å². The van der Waals surface area contributed by atoms with Crippen LogP contribution in [0.15, 0.2) is 41.8 Å². The first-order chi connectivity index (χ1) is 9.63. The highest BCUT2D eigenvalue weighted by atomic mass is 32.1. The second kappa shape index (κ2) is 6.25. The van der Waals surface area contributed by atoms with Crippen LogP contribution in [0.4, 0.5) is 0 Å². The molecule has 0 aliphatic heterocycles. The van der Waals surface area contributed by atoms with Crippen molar-refractivity contribution in [3.63, 3.8) is 0 Å². The van der Waals surface area contributed by atoms with Crippen LogP contribution in [0, 0.1) is 0 Å². The van der Waals surface area contributed by atoms with Gasteiger partial charge in [0.05, 0.1) is 12.0 Å². The van der Waals surface area contributed by atoms with Crippen molar-refractivity contribution >= 4 is 28.9 Å². The number of carbonyl (C=O) groups excluding carboxylic acids is 3. The highest BCUT2D eigenvalue weighted by molar-refractivity contribution is 7.12. The molecule has 0 aliphatic carbocycles. The van der Waals surface area contributed by atoms with Crippen LogP contribution in [0.2, 0.25) is 0 Å². The second-order valence-electron chi connectivity index (χ2n) is 4.03. The fourth-order valence-corrected chi connectivity index (χ4v) is 2.60. The second-order valence-corrected chi connectivity index (χ2v) is 4.95. The lowest BCUT2D eigenvalue weighted by molar-refractivity contribution is -0.139. The first-order valence-corrected chi connectivity index (χ1v) is 6.78. The molecule has 1 aromatic carbocycles. The highest BCUT2D eigenvalue weighted by Gasteiger charge is 2.21. The molecule has 0 fully saturated rings. The van der Waals surface area contributed by atoms with Crippen molar-refractivity contribution in [3.05, 3.63) is 57.8 Å². The Bertz CT molecular complexity index is 643. The molecule has 0 aliphatic rings. The van der Waals surface area contributed by atoms with E-state index in [-0.39, 0.29) is 17.8 Å². The molecule has 1 heterocycles. The van der Waals surface area contributed by atoms with Crippen LogP contribution in [-0.4, -0.2) is 24.6 Å². The number of esters is 1. The monoisotopic (exact) mass is 288 g/mol. The Morgan fingerprint density at radius 2 is 1.80 bits per heavy atom. The van der Waals surface area contributed by atoms with Crippen LogP contribution >= 0.6 is 11.3 Å². The Morgan fingerprint density at radius 1 is 1.10 bits per heavy atom. The largest absolute Gasteiger partial charge is 0.469 e. The third kappa shape index (κ3) is 3.00. The molecule has 102 valence electrons. The van der Waals surface area contributed by atoms with Gasteiger partial charge in [0.25, 0.3) is 0 Å². The zero-order chi connectivity index (χ0) is 14.5. The molecule has 4 nitrogen and oxygen atoms in total. The van der Waals surface area contributed by atoms with Crippen LogP contribution in [0.5, 0.6) is 0 Å². The molecule has 0 radical (unpaired) electrons. The molecule has 0 atom stereocenters. The number of hydrogen-bond acceptors (Lipinski definition) is 5. The van der Waals surface area contributed by atoms with Crippen LogP contribution in [0.25, 0.3) is 0 Å². The van der Waals surface area contributed by atoms with Gasteiger partial charge in [-0.3, -0.25) is 14.4 Å². The first kappa shape index (κ1) is 14.1. The lowest BCUT2D eigenvalue weighted by atomic mass is 10.0. The molecule has 0 saturated carbocycles. The van der Waals surface area contributed by atoms with E-state index in [0.29, 0.717) is 10.4 Å². The summed E-state index contributed by atoms with van der Waals surface area (Å²) in [4.78, 5) is 35.8. The Balaban J connectivity index is 2.27. The maximum Gasteiger partial charge on any atom is 0.313 e. The molecule has 2 aromatic rings. The van der Waals surface area contributed by atoms with Gasteiger partial charge in [-0.05, 0) is 11.4 Å². The van der Waals surface area contributed by atoms with E-state index < -0.39 is 11.8 Å². The summed E-state index contributed by atoms with van der Waals surface area (Å²) >= 11 is 1.19. The lowest BCUT2D eigenvalue weighted by Gasteiger charge is -2.02. The van der Waals surface area contributed by atoms with E-state index in [1.165, 1.54) is 18.4 Å². The minimum Gasteiger partial charge on any atom is -0.469 e. The van der Waals surface area contributed by atoms with Crippen molar-refractivity contribution in [2.45, 2.75) is 6.42 Å². The Labute approximate surface area is 120 Å². The topological polar surface area (TPSA) is 60.4 Å². The smallest absolute Gasteiger partial charge is 0.313 e. The number of ether oxygens (including phenoxy) is 1. The summed E-state index contributed by atoms with van der Waals surface area (Å²) in [5, 5.41) is 1.67. The minimum absolute atomic E-state index is 0.214. The van der Waals surface area contributed by atoms with Crippen molar-refractivity contribution in [1.29, 1.82) is 0 Å². The Kier molecular flexibility index (Phi) is 4.42. The van der Waals surface area contributed by atoms with Gasteiger partial charge in [0.15, 0.2) is 5.78 Å². The zero-order valence-electron chi connectivity index (χ0n) is 10.8. The SMILES string of the molecule is COC(=O)CC(=O)c1ccsc1C(=O)c1ccccc1. The van der Waals surface area contributed by atoms with Gasteiger partial charge in [-0.1, -0.05) is 30.3 Å². The Morgan fingerprint density at radius 3 is 2.45 bits per heavy atom. The van der Waals surface area contributed by atoms with Gasteiger partial charge >= 0.3 is 5.97 Å². The quantitative estimate of drug-likeness (QED) is 0.482. The first-order valence-electron chi connectivity index (χ1n) is 5.90. The van der Waals surface area contributed by atoms with E-state index >= 15 is 0 Å². The van der Waals surface area contributed by atoms with Gasteiger partial charge in [-0.2, -0.15) is 0 Å². The number of hydrogen-bond donors (Lipinski definition) is 0. The van der Waals surface area contributed by atoms with E-state index in [9.17, 15) is 14.4 Å². The van der Waals surface area contributed by atoms with E-state index in [0.717, 1.165) is 0 Å². The number of benzene rings is 1. The number of rotatable bonds is 5. The van der Waals surface area contributed by atoms with Gasteiger partial charge < -0.3 is 4.74 Å². The fraction of sp³-hybridized carbons (Fsp3) is 0.133. The maximum absolute atomic E-state index is 12.3. The molecule has 0 amide bonds. The molecular weight excluding hydrogens is 276 g/mol. The van der Waals surface area contributed by atoms with Crippen LogP contribution in [0.3, 0.4) is 0 Å². The molecule has 2 rings (SSSR count). The third-order valence-electron chi connectivity index (χ3n) is 2.74. The van der Waals surface area contributed by atoms with E-state index in [2.05, 4.69) is 4.74 Å². The molecule has 0 unspecified atom stereocenters. The number of carbonyl (C=O) groups is 3. The van der Waals surface area contributed by atoms with Gasteiger partial charge in [-0.15, -0.1) is 11.3 Å².